The van der Waals surface area contributed by atoms with Crippen LogP contribution in [0.4, 0.5) is 5.69 Å². The number of rotatable bonds is 6. The molecule has 4 aromatic rings. The molecule has 0 amide bonds. The molecule has 180 valence electrons. The molecule has 0 bridgehead atoms. The Labute approximate surface area is 217 Å². The average Bonchev–Trinajstić information content (AvgIpc) is 2.87. The van der Waals surface area contributed by atoms with Gasteiger partial charge in [-0.3, -0.25) is 0 Å². The van der Waals surface area contributed by atoms with Crippen LogP contribution >= 0.6 is 21.0 Å². The van der Waals surface area contributed by atoms with Crippen LogP contribution in [0.15, 0.2) is 108 Å². The van der Waals surface area contributed by atoms with Gasteiger partial charge in [-0.05, 0) is 0 Å². The minimum absolute atomic E-state index is 0.0743. The van der Waals surface area contributed by atoms with E-state index >= 15 is 0 Å². The SMILES string of the molecule is Cc1cc(C)c(N=C(OP(Br)(c2ccccc2)(c2ccccc2)c2ccccc2)C(C)C)c(C)c1. The molecule has 0 saturated carbocycles. The van der Waals surface area contributed by atoms with Gasteiger partial charge in [-0.2, -0.15) is 0 Å². The van der Waals surface area contributed by atoms with Crippen LogP contribution in [0.3, 0.4) is 0 Å². The Morgan fingerprint density at radius 3 is 1.40 bits per heavy atom. The van der Waals surface area contributed by atoms with Crippen LogP contribution in [0.2, 0.25) is 0 Å². The molecule has 0 aliphatic heterocycles. The summed E-state index contributed by atoms with van der Waals surface area (Å²) in [7, 11) is 0. The zero-order chi connectivity index (χ0) is 25.1. The summed E-state index contributed by atoms with van der Waals surface area (Å²) in [5.41, 5.74) is 0.929. The van der Waals surface area contributed by atoms with E-state index in [9.17, 15) is 0 Å². The van der Waals surface area contributed by atoms with Crippen LogP contribution in [0.25, 0.3) is 0 Å². The third-order valence-electron chi connectivity index (χ3n) is 6.27. The Kier molecular flexibility index (Phi) is 7.31. The van der Waals surface area contributed by atoms with E-state index in [0.29, 0.717) is 5.90 Å². The molecule has 4 aromatic carbocycles. The molecule has 4 heteroatoms. The summed E-state index contributed by atoms with van der Waals surface area (Å²) in [6, 6.07) is 35.9. The summed E-state index contributed by atoms with van der Waals surface area (Å²) in [5, 5.41) is 3.30. The number of benzene rings is 4. The van der Waals surface area contributed by atoms with Crippen molar-refractivity contribution in [1.82, 2.24) is 0 Å². The van der Waals surface area contributed by atoms with E-state index in [2.05, 4.69) is 135 Å². The molecule has 0 aliphatic carbocycles. The Bertz CT molecular complexity index is 1210. The second-order valence-corrected chi connectivity index (χ2v) is 17.0. The molecule has 0 aliphatic rings. The van der Waals surface area contributed by atoms with Gasteiger partial charge in [0.05, 0.1) is 0 Å². The average molecular weight is 546 g/mol. The van der Waals surface area contributed by atoms with Gasteiger partial charge in [-0.15, -0.1) is 0 Å². The van der Waals surface area contributed by atoms with Crippen LogP contribution in [-0.2, 0) is 4.52 Å². The van der Waals surface area contributed by atoms with Crippen molar-refractivity contribution in [1.29, 1.82) is 0 Å². The van der Waals surface area contributed by atoms with Gasteiger partial charge in [0.15, 0.2) is 0 Å². The van der Waals surface area contributed by atoms with Gasteiger partial charge in [-0.1, -0.05) is 0 Å². The summed E-state index contributed by atoms with van der Waals surface area (Å²) < 4.78 is 7.39. The van der Waals surface area contributed by atoms with Gasteiger partial charge >= 0.3 is 218 Å². The van der Waals surface area contributed by atoms with Crippen molar-refractivity contribution in [2.24, 2.45) is 10.9 Å². The van der Waals surface area contributed by atoms with Crippen molar-refractivity contribution >= 4 is 48.5 Å². The third-order valence-corrected chi connectivity index (χ3v) is 14.6. The summed E-state index contributed by atoms with van der Waals surface area (Å²) in [4.78, 5) is 5.20. The summed E-state index contributed by atoms with van der Waals surface area (Å²) in [6.07, 6.45) is 0. The molecule has 0 heterocycles. The summed E-state index contributed by atoms with van der Waals surface area (Å²) in [5.74, 6) is 0.788. The quantitative estimate of drug-likeness (QED) is 0.136. The summed E-state index contributed by atoms with van der Waals surface area (Å²) in [6.45, 7) is 10.7. The molecule has 0 N–H and O–H groups in total. The fourth-order valence-electron chi connectivity index (χ4n) is 4.58. The van der Waals surface area contributed by atoms with E-state index in [-0.39, 0.29) is 5.92 Å². The van der Waals surface area contributed by atoms with E-state index in [1.165, 1.54) is 5.56 Å². The van der Waals surface area contributed by atoms with E-state index in [0.717, 1.165) is 32.7 Å². The number of nitrogens with zero attached hydrogens (tertiary/aromatic N) is 1. The van der Waals surface area contributed by atoms with Crippen LogP contribution in [0.1, 0.15) is 30.5 Å². The molecule has 35 heavy (non-hydrogen) atoms. The summed E-state index contributed by atoms with van der Waals surface area (Å²) >= 11 is 4.38. The number of aryl methyl sites for hydroxylation is 3. The number of hydrogen-bond donors (Lipinski definition) is 0. The molecule has 2 nitrogen and oxygen atoms in total. The van der Waals surface area contributed by atoms with Crippen molar-refractivity contribution in [3.63, 3.8) is 0 Å². The Morgan fingerprint density at radius 1 is 0.686 bits per heavy atom. The second kappa shape index (κ2) is 10.1. The molecule has 0 atom stereocenters. The van der Waals surface area contributed by atoms with Crippen molar-refractivity contribution in [3.05, 3.63) is 120 Å². The normalized spacial score (nSPS) is 13.3. The van der Waals surface area contributed by atoms with Gasteiger partial charge in [0.2, 0.25) is 0 Å². The first kappa shape index (κ1) is 25.4. The van der Waals surface area contributed by atoms with E-state index < -0.39 is 5.53 Å². The zero-order valence-corrected chi connectivity index (χ0v) is 23.6. The van der Waals surface area contributed by atoms with E-state index in [1.54, 1.807) is 0 Å². The van der Waals surface area contributed by atoms with Crippen molar-refractivity contribution in [2.45, 2.75) is 34.6 Å². The van der Waals surface area contributed by atoms with Crippen LogP contribution in [-0.4, -0.2) is 5.90 Å². The zero-order valence-electron chi connectivity index (χ0n) is 21.1. The first-order valence-electron chi connectivity index (χ1n) is 12.0. The minimum atomic E-state index is -3.59. The molecule has 0 unspecified atom stereocenters. The second-order valence-electron chi connectivity index (χ2n) is 9.38. The van der Waals surface area contributed by atoms with Gasteiger partial charge in [0.1, 0.15) is 0 Å². The number of halogens is 1. The van der Waals surface area contributed by atoms with Gasteiger partial charge < -0.3 is 0 Å². The number of hydrogen-bond acceptors (Lipinski definition) is 2. The van der Waals surface area contributed by atoms with Gasteiger partial charge in [0.25, 0.3) is 0 Å². The molecule has 0 fully saturated rings. The van der Waals surface area contributed by atoms with E-state index in [1.807, 2.05) is 18.2 Å². The Hall–Kier alpha value is -2.74. The van der Waals surface area contributed by atoms with Crippen molar-refractivity contribution in [2.75, 3.05) is 0 Å². The molecule has 0 radical (unpaired) electrons. The van der Waals surface area contributed by atoms with Crippen LogP contribution in [0.5, 0.6) is 0 Å². The van der Waals surface area contributed by atoms with Crippen molar-refractivity contribution in [3.8, 4) is 0 Å². The Morgan fingerprint density at radius 2 is 1.06 bits per heavy atom. The monoisotopic (exact) mass is 545 g/mol. The fourth-order valence-corrected chi connectivity index (χ4v) is 11.1. The predicted octanol–water partition coefficient (Wildman–Crippen LogP) is 8.07. The Balaban J connectivity index is 2.06. The molecular formula is C31H33BrNOP. The molecule has 0 aromatic heterocycles. The van der Waals surface area contributed by atoms with E-state index in [4.69, 9.17) is 9.52 Å². The van der Waals surface area contributed by atoms with Crippen molar-refractivity contribution < 1.29 is 4.52 Å². The van der Waals surface area contributed by atoms with Crippen LogP contribution in [0, 0.1) is 26.7 Å². The van der Waals surface area contributed by atoms with Gasteiger partial charge in [0, 0.05) is 0 Å². The third kappa shape index (κ3) is 4.73. The fraction of sp³-hybridized carbons (Fsp3) is 0.194. The molecule has 0 saturated heterocycles. The molecule has 4 rings (SSSR count). The molecular weight excluding hydrogens is 513 g/mol. The first-order chi connectivity index (χ1) is 16.7. The maximum atomic E-state index is 7.39. The topological polar surface area (TPSA) is 21.6 Å². The molecule has 0 spiro atoms. The van der Waals surface area contributed by atoms with Crippen LogP contribution < -0.4 is 15.9 Å². The number of aliphatic imine (C=N–C) groups is 1. The standard InChI is InChI=1S/C31H33BrNOP/c1-23(2)31(33-30-25(4)21-24(3)22-26(30)5)34-35(32,27-15-9-6-10-16-27,28-17-11-7-12-18-28)29-19-13-8-14-20-29/h6-23H,1-5H3. The van der Waals surface area contributed by atoms with Gasteiger partial charge in [-0.25, -0.2) is 0 Å². The first-order valence-corrected chi connectivity index (χ1v) is 16.2. The predicted molar refractivity (Wildman–Crippen MR) is 158 cm³/mol. The maximum absolute atomic E-state index is 7.39.